The zero-order chi connectivity index (χ0) is 15.0. The Morgan fingerprint density at radius 1 is 1.20 bits per heavy atom. The number of rotatable bonds is 9. The minimum absolute atomic E-state index is 0.0719. The van der Waals surface area contributed by atoms with Crippen molar-refractivity contribution < 1.29 is 4.74 Å². The van der Waals surface area contributed by atoms with Gasteiger partial charge in [-0.3, -0.25) is 0 Å². The Balaban J connectivity index is 2.43. The van der Waals surface area contributed by atoms with Gasteiger partial charge in [-0.05, 0) is 30.8 Å². The molecule has 2 N–H and O–H groups in total. The number of ether oxygens (including phenoxy) is 1. The SMILES string of the molecule is CCN(CC)CCSC(C)C(N)c1ccc(OC)cc1. The van der Waals surface area contributed by atoms with E-state index in [-0.39, 0.29) is 6.04 Å². The van der Waals surface area contributed by atoms with Gasteiger partial charge in [-0.25, -0.2) is 0 Å². The second kappa shape index (κ2) is 9.27. The Bertz CT molecular complexity index is 365. The van der Waals surface area contributed by atoms with Crippen LogP contribution in [0.1, 0.15) is 32.4 Å². The van der Waals surface area contributed by atoms with Gasteiger partial charge in [0.25, 0.3) is 0 Å². The van der Waals surface area contributed by atoms with Crippen LogP contribution in [-0.2, 0) is 0 Å². The van der Waals surface area contributed by atoms with E-state index >= 15 is 0 Å². The van der Waals surface area contributed by atoms with Crippen molar-refractivity contribution in [2.45, 2.75) is 32.1 Å². The second-order valence-electron chi connectivity index (χ2n) is 4.90. The van der Waals surface area contributed by atoms with E-state index in [1.807, 2.05) is 23.9 Å². The second-order valence-corrected chi connectivity index (χ2v) is 6.39. The van der Waals surface area contributed by atoms with E-state index in [1.165, 1.54) is 5.56 Å². The Kier molecular flexibility index (Phi) is 8.04. The maximum absolute atomic E-state index is 6.34. The molecule has 0 aliphatic rings. The molecule has 0 bridgehead atoms. The summed E-state index contributed by atoms with van der Waals surface area (Å²) in [6.45, 7) is 10.0. The van der Waals surface area contributed by atoms with Gasteiger partial charge in [-0.1, -0.05) is 32.9 Å². The third-order valence-electron chi connectivity index (χ3n) is 3.69. The van der Waals surface area contributed by atoms with Crippen LogP contribution < -0.4 is 10.5 Å². The first kappa shape index (κ1) is 17.3. The van der Waals surface area contributed by atoms with Crippen LogP contribution in [0.3, 0.4) is 0 Å². The molecule has 0 saturated carbocycles. The van der Waals surface area contributed by atoms with E-state index in [1.54, 1.807) is 7.11 Å². The largest absolute Gasteiger partial charge is 0.497 e. The van der Waals surface area contributed by atoms with Gasteiger partial charge in [-0.2, -0.15) is 11.8 Å². The molecule has 0 saturated heterocycles. The average Bonchev–Trinajstić information content (AvgIpc) is 2.50. The Labute approximate surface area is 127 Å². The summed E-state index contributed by atoms with van der Waals surface area (Å²) in [6, 6.07) is 8.14. The van der Waals surface area contributed by atoms with Gasteiger partial charge in [0.15, 0.2) is 0 Å². The van der Waals surface area contributed by atoms with Gasteiger partial charge in [0.1, 0.15) is 5.75 Å². The summed E-state index contributed by atoms with van der Waals surface area (Å²) in [7, 11) is 1.68. The van der Waals surface area contributed by atoms with Crippen LogP contribution in [-0.4, -0.2) is 42.6 Å². The van der Waals surface area contributed by atoms with Crippen LogP contribution in [0, 0.1) is 0 Å². The number of nitrogens with two attached hydrogens (primary N) is 1. The van der Waals surface area contributed by atoms with Gasteiger partial charge in [0, 0.05) is 23.6 Å². The molecule has 0 heterocycles. The first-order chi connectivity index (χ1) is 9.62. The quantitative estimate of drug-likeness (QED) is 0.760. The standard InChI is InChI=1S/C16H28N2OS/c1-5-18(6-2)11-12-20-13(3)16(17)14-7-9-15(19-4)10-8-14/h7-10,13,16H,5-6,11-12,17H2,1-4H3. The third kappa shape index (κ3) is 5.35. The van der Waals surface area contributed by atoms with E-state index in [0.29, 0.717) is 5.25 Å². The molecule has 4 heteroatoms. The van der Waals surface area contributed by atoms with Crippen molar-refractivity contribution in [3.05, 3.63) is 29.8 Å². The van der Waals surface area contributed by atoms with Crippen molar-refractivity contribution in [2.75, 3.05) is 32.5 Å². The molecule has 1 aromatic carbocycles. The number of hydrogen-bond acceptors (Lipinski definition) is 4. The summed E-state index contributed by atoms with van der Waals surface area (Å²) in [4.78, 5) is 2.44. The fourth-order valence-electron chi connectivity index (χ4n) is 2.11. The molecular weight excluding hydrogens is 268 g/mol. The lowest BCUT2D eigenvalue weighted by atomic mass is 10.1. The molecule has 0 fully saturated rings. The number of benzene rings is 1. The van der Waals surface area contributed by atoms with Crippen LogP contribution >= 0.6 is 11.8 Å². The number of thioether (sulfide) groups is 1. The van der Waals surface area contributed by atoms with E-state index in [4.69, 9.17) is 10.5 Å². The summed E-state index contributed by atoms with van der Waals surface area (Å²) >= 11 is 1.95. The van der Waals surface area contributed by atoms with E-state index in [0.717, 1.165) is 31.1 Å². The number of methoxy groups -OCH3 is 1. The van der Waals surface area contributed by atoms with Gasteiger partial charge >= 0.3 is 0 Å². The molecule has 1 aromatic rings. The lowest BCUT2D eigenvalue weighted by molar-refractivity contribution is 0.323. The van der Waals surface area contributed by atoms with Crippen molar-refractivity contribution in [2.24, 2.45) is 5.73 Å². The first-order valence-corrected chi connectivity index (χ1v) is 8.40. The molecule has 0 amide bonds. The molecule has 0 aromatic heterocycles. The summed E-state index contributed by atoms with van der Waals surface area (Å²) in [5.41, 5.74) is 7.51. The van der Waals surface area contributed by atoms with E-state index < -0.39 is 0 Å². The molecule has 2 atom stereocenters. The molecule has 0 aliphatic carbocycles. The third-order valence-corrected chi connectivity index (χ3v) is 4.93. The Morgan fingerprint density at radius 2 is 1.80 bits per heavy atom. The predicted octanol–water partition coefficient (Wildman–Crippen LogP) is 3.16. The molecule has 20 heavy (non-hydrogen) atoms. The lowest BCUT2D eigenvalue weighted by Gasteiger charge is -2.22. The highest BCUT2D eigenvalue weighted by molar-refractivity contribution is 7.99. The minimum atomic E-state index is 0.0719. The van der Waals surface area contributed by atoms with Crippen LogP contribution in [0.2, 0.25) is 0 Å². The topological polar surface area (TPSA) is 38.5 Å². The van der Waals surface area contributed by atoms with Crippen molar-refractivity contribution in [1.82, 2.24) is 4.90 Å². The molecular formula is C16H28N2OS. The Morgan fingerprint density at radius 3 is 2.30 bits per heavy atom. The maximum atomic E-state index is 6.34. The normalized spacial score (nSPS) is 14.3. The molecule has 2 unspecified atom stereocenters. The zero-order valence-electron chi connectivity index (χ0n) is 13.1. The van der Waals surface area contributed by atoms with Crippen LogP contribution in [0.25, 0.3) is 0 Å². The molecule has 114 valence electrons. The Hall–Kier alpha value is -0.710. The van der Waals surface area contributed by atoms with Crippen LogP contribution in [0.4, 0.5) is 0 Å². The summed E-state index contributed by atoms with van der Waals surface area (Å²) < 4.78 is 5.17. The van der Waals surface area contributed by atoms with Crippen LogP contribution in [0.5, 0.6) is 5.75 Å². The first-order valence-electron chi connectivity index (χ1n) is 7.35. The average molecular weight is 296 g/mol. The van der Waals surface area contributed by atoms with Gasteiger partial charge in [0.2, 0.25) is 0 Å². The van der Waals surface area contributed by atoms with Crippen molar-refractivity contribution in [1.29, 1.82) is 0 Å². The minimum Gasteiger partial charge on any atom is -0.497 e. The van der Waals surface area contributed by atoms with E-state index in [9.17, 15) is 0 Å². The van der Waals surface area contributed by atoms with Gasteiger partial charge < -0.3 is 15.4 Å². The zero-order valence-corrected chi connectivity index (χ0v) is 14.0. The highest BCUT2D eigenvalue weighted by Gasteiger charge is 2.15. The monoisotopic (exact) mass is 296 g/mol. The van der Waals surface area contributed by atoms with Crippen molar-refractivity contribution in [3.8, 4) is 5.75 Å². The summed E-state index contributed by atoms with van der Waals surface area (Å²) in [6.07, 6.45) is 0. The smallest absolute Gasteiger partial charge is 0.118 e. The molecule has 0 spiro atoms. The molecule has 1 rings (SSSR count). The van der Waals surface area contributed by atoms with Crippen molar-refractivity contribution >= 4 is 11.8 Å². The number of hydrogen-bond donors (Lipinski definition) is 1. The van der Waals surface area contributed by atoms with Gasteiger partial charge in [-0.15, -0.1) is 0 Å². The maximum Gasteiger partial charge on any atom is 0.118 e. The summed E-state index contributed by atoms with van der Waals surface area (Å²) in [5.74, 6) is 2.01. The summed E-state index contributed by atoms with van der Waals surface area (Å²) in [5, 5.41) is 0.416. The molecule has 0 aliphatic heterocycles. The van der Waals surface area contributed by atoms with E-state index in [2.05, 4.69) is 37.8 Å². The lowest BCUT2D eigenvalue weighted by Crippen LogP contribution is -2.27. The van der Waals surface area contributed by atoms with Crippen LogP contribution in [0.15, 0.2) is 24.3 Å². The number of nitrogens with zero attached hydrogens (tertiary/aromatic N) is 1. The fourth-order valence-corrected chi connectivity index (χ4v) is 3.21. The predicted molar refractivity (Wildman–Crippen MR) is 89.6 cm³/mol. The highest BCUT2D eigenvalue weighted by atomic mass is 32.2. The van der Waals surface area contributed by atoms with Crippen molar-refractivity contribution in [3.63, 3.8) is 0 Å². The highest BCUT2D eigenvalue weighted by Crippen LogP contribution is 2.25. The molecule has 0 radical (unpaired) electrons. The van der Waals surface area contributed by atoms with Gasteiger partial charge in [0.05, 0.1) is 7.11 Å². The fraction of sp³-hybridized carbons (Fsp3) is 0.625. The molecule has 3 nitrogen and oxygen atoms in total.